The first-order chi connectivity index (χ1) is 20.4. The van der Waals surface area contributed by atoms with Gasteiger partial charge >= 0.3 is 0 Å². The van der Waals surface area contributed by atoms with E-state index < -0.39 is 6.04 Å². The topological polar surface area (TPSA) is 136 Å². The molecule has 4 heterocycles. The van der Waals surface area contributed by atoms with Crippen LogP contribution in [-0.4, -0.2) is 41.2 Å². The number of nitrogens with one attached hydrogen (secondary N) is 2. The van der Waals surface area contributed by atoms with E-state index in [9.17, 15) is 9.90 Å². The third kappa shape index (κ3) is 5.13. The minimum absolute atomic E-state index is 0.0413. The van der Waals surface area contributed by atoms with Gasteiger partial charge in [0.15, 0.2) is 0 Å². The van der Waals surface area contributed by atoms with Gasteiger partial charge in [0.25, 0.3) is 11.4 Å². The lowest BCUT2D eigenvalue weighted by Crippen LogP contribution is -2.20. The van der Waals surface area contributed by atoms with E-state index in [0.717, 1.165) is 16.8 Å². The molecule has 0 aliphatic rings. The van der Waals surface area contributed by atoms with Crippen LogP contribution in [0.25, 0.3) is 33.8 Å². The minimum atomic E-state index is -0.401. The largest absolute Gasteiger partial charge is 0.416 e. The van der Waals surface area contributed by atoms with Gasteiger partial charge in [0.1, 0.15) is 5.82 Å². The zero-order valence-corrected chi connectivity index (χ0v) is 23.4. The summed E-state index contributed by atoms with van der Waals surface area (Å²) in [6, 6.07) is 20.5. The summed E-state index contributed by atoms with van der Waals surface area (Å²) in [5.74, 6) is 1.15. The third-order valence-electron chi connectivity index (χ3n) is 7.04. The summed E-state index contributed by atoms with van der Waals surface area (Å²) in [6.07, 6.45) is 4.98. The Balaban J connectivity index is 1.39. The van der Waals surface area contributed by atoms with Crippen LogP contribution < -0.4 is 16.2 Å². The van der Waals surface area contributed by atoms with Gasteiger partial charge in [0.05, 0.1) is 40.4 Å². The maximum atomic E-state index is 12.7. The van der Waals surface area contributed by atoms with E-state index in [1.54, 1.807) is 36.4 Å². The van der Waals surface area contributed by atoms with Crippen molar-refractivity contribution >= 4 is 28.1 Å². The maximum absolute atomic E-state index is 12.7. The van der Waals surface area contributed by atoms with Crippen molar-refractivity contribution in [3.8, 4) is 22.9 Å². The Hall–Kier alpha value is -5.29. The molecule has 0 amide bonds. The fraction of sp³-hybridized carbons (Fsp3) is 0.194. The van der Waals surface area contributed by atoms with E-state index in [2.05, 4.69) is 30.8 Å². The Kier molecular flexibility index (Phi) is 7.24. The van der Waals surface area contributed by atoms with Crippen molar-refractivity contribution in [2.75, 3.05) is 17.2 Å². The van der Waals surface area contributed by atoms with Crippen molar-refractivity contribution in [1.82, 2.24) is 29.5 Å². The molecule has 0 aliphatic carbocycles. The molecule has 42 heavy (non-hydrogen) atoms. The fourth-order valence-electron chi connectivity index (χ4n) is 5.05. The molecule has 3 N–H and O–H groups in total. The van der Waals surface area contributed by atoms with Gasteiger partial charge in [0, 0.05) is 43.4 Å². The summed E-state index contributed by atoms with van der Waals surface area (Å²) < 4.78 is 9.61. The van der Waals surface area contributed by atoms with Gasteiger partial charge in [0.2, 0.25) is 5.89 Å². The lowest BCUT2D eigenvalue weighted by atomic mass is 10.1. The molecular weight excluding hydrogens is 532 g/mol. The predicted molar refractivity (Wildman–Crippen MR) is 161 cm³/mol. The standard InChI is InChI=1S/C31H30N8O3/c1-19(2)39-27-14-22(11-12-23(27)31(41)38(39)3)34-28-15-25(35-26(18-40)20-8-5-4-6-9-20)24(17-33-28)30-37-36-29(42-30)21-10-7-13-32-16-21/h4-17,19,26,40H,18H2,1-3H3,(H2,33,34,35)/t26-/m1/s1. The quantitative estimate of drug-likeness (QED) is 0.214. The van der Waals surface area contributed by atoms with Crippen LogP contribution in [0.2, 0.25) is 0 Å². The summed E-state index contributed by atoms with van der Waals surface area (Å²) in [4.78, 5) is 21.5. The fourth-order valence-corrected chi connectivity index (χ4v) is 5.05. The minimum Gasteiger partial charge on any atom is -0.416 e. The molecule has 2 aromatic carbocycles. The number of anilines is 3. The third-order valence-corrected chi connectivity index (χ3v) is 7.04. The second-order valence-corrected chi connectivity index (χ2v) is 10.2. The van der Waals surface area contributed by atoms with Gasteiger partial charge in [-0.1, -0.05) is 30.3 Å². The normalized spacial score (nSPS) is 12.1. The van der Waals surface area contributed by atoms with Gasteiger partial charge < -0.3 is 20.2 Å². The van der Waals surface area contributed by atoms with Crippen LogP contribution in [-0.2, 0) is 7.05 Å². The number of pyridine rings is 2. The van der Waals surface area contributed by atoms with Gasteiger partial charge in [-0.2, -0.15) is 0 Å². The van der Waals surface area contributed by atoms with Crippen LogP contribution in [0.1, 0.15) is 31.5 Å². The molecule has 0 aliphatic heterocycles. The highest BCUT2D eigenvalue weighted by Gasteiger charge is 2.20. The molecule has 0 fully saturated rings. The number of fused-ring (bicyclic) bond motifs is 1. The number of hydrogen-bond donors (Lipinski definition) is 3. The van der Waals surface area contributed by atoms with Crippen LogP contribution in [0.3, 0.4) is 0 Å². The van der Waals surface area contributed by atoms with Crippen LogP contribution >= 0.6 is 0 Å². The molecule has 11 heteroatoms. The van der Waals surface area contributed by atoms with Crippen molar-refractivity contribution in [2.45, 2.75) is 25.9 Å². The van der Waals surface area contributed by atoms with Crippen molar-refractivity contribution in [3.63, 3.8) is 0 Å². The Morgan fingerprint density at radius 2 is 1.79 bits per heavy atom. The van der Waals surface area contributed by atoms with E-state index in [0.29, 0.717) is 33.9 Å². The number of nitrogens with zero attached hydrogens (tertiary/aromatic N) is 6. The van der Waals surface area contributed by atoms with Crippen molar-refractivity contribution in [1.29, 1.82) is 0 Å². The molecular formula is C31H30N8O3. The average Bonchev–Trinajstić information content (AvgIpc) is 3.60. The van der Waals surface area contributed by atoms with Gasteiger partial charge in [-0.15, -0.1) is 10.2 Å². The molecule has 212 valence electrons. The number of hydrogen-bond acceptors (Lipinski definition) is 9. The van der Waals surface area contributed by atoms with Crippen LogP contribution in [0, 0.1) is 0 Å². The smallest absolute Gasteiger partial charge is 0.274 e. The summed E-state index contributed by atoms with van der Waals surface area (Å²) in [5.41, 5.74) is 4.38. The molecule has 0 bridgehead atoms. The summed E-state index contributed by atoms with van der Waals surface area (Å²) in [5, 5.41) is 26.2. The first kappa shape index (κ1) is 26.9. The number of aromatic nitrogens is 6. The zero-order valence-electron chi connectivity index (χ0n) is 23.4. The average molecular weight is 563 g/mol. The molecule has 0 radical (unpaired) electrons. The Bertz CT molecular complexity index is 1890. The molecule has 11 nitrogen and oxygen atoms in total. The van der Waals surface area contributed by atoms with Crippen LogP contribution in [0.5, 0.6) is 0 Å². The van der Waals surface area contributed by atoms with E-state index in [1.807, 2.05) is 79.2 Å². The Morgan fingerprint density at radius 3 is 2.52 bits per heavy atom. The molecule has 0 spiro atoms. The molecule has 1 atom stereocenters. The van der Waals surface area contributed by atoms with Crippen molar-refractivity contribution in [3.05, 3.63) is 101 Å². The number of rotatable bonds is 9. The predicted octanol–water partition coefficient (Wildman–Crippen LogP) is 5.32. The van der Waals surface area contributed by atoms with E-state index >= 15 is 0 Å². The van der Waals surface area contributed by atoms with Crippen LogP contribution in [0.4, 0.5) is 17.2 Å². The monoisotopic (exact) mass is 562 g/mol. The van der Waals surface area contributed by atoms with Gasteiger partial charge in [-0.25, -0.2) is 4.98 Å². The Morgan fingerprint density at radius 1 is 0.976 bits per heavy atom. The summed E-state index contributed by atoms with van der Waals surface area (Å²) in [6.45, 7) is 3.94. The summed E-state index contributed by atoms with van der Waals surface area (Å²) >= 11 is 0. The molecule has 6 aromatic rings. The van der Waals surface area contributed by atoms with Gasteiger partial charge in [-0.3, -0.25) is 19.1 Å². The summed E-state index contributed by atoms with van der Waals surface area (Å²) in [7, 11) is 1.77. The van der Waals surface area contributed by atoms with Crippen LogP contribution in [0.15, 0.2) is 94.5 Å². The number of aliphatic hydroxyl groups is 1. The molecule has 0 saturated carbocycles. The first-order valence-corrected chi connectivity index (χ1v) is 13.6. The molecule has 0 saturated heterocycles. The van der Waals surface area contributed by atoms with Crippen molar-refractivity contribution in [2.24, 2.45) is 7.05 Å². The highest BCUT2D eigenvalue weighted by Crippen LogP contribution is 2.34. The molecule has 0 unspecified atom stereocenters. The highest BCUT2D eigenvalue weighted by atomic mass is 16.4. The second-order valence-electron chi connectivity index (χ2n) is 10.2. The second kappa shape index (κ2) is 11.3. The Labute approximate surface area is 241 Å². The number of aliphatic hydroxyl groups excluding tert-OH is 1. The van der Waals surface area contributed by atoms with E-state index in [4.69, 9.17) is 4.42 Å². The first-order valence-electron chi connectivity index (χ1n) is 13.6. The lowest BCUT2D eigenvalue weighted by molar-refractivity contribution is 0.276. The molecule has 6 rings (SSSR count). The number of benzene rings is 2. The van der Waals surface area contributed by atoms with Crippen molar-refractivity contribution < 1.29 is 9.52 Å². The lowest BCUT2D eigenvalue weighted by Gasteiger charge is -2.20. The highest BCUT2D eigenvalue weighted by molar-refractivity contribution is 5.84. The SMILES string of the molecule is CC(C)n1c2cc(Nc3cc(N[C@H](CO)c4ccccc4)c(-c4nnc(-c5cccnc5)o4)cn3)ccc2c(=O)n1C. The zero-order chi connectivity index (χ0) is 29.2. The maximum Gasteiger partial charge on any atom is 0.274 e. The van der Waals surface area contributed by atoms with E-state index in [-0.39, 0.29) is 24.1 Å². The van der Waals surface area contributed by atoms with Gasteiger partial charge in [-0.05, 0) is 49.7 Å². The molecule has 4 aromatic heterocycles. The van der Waals surface area contributed by atoms with E-state index in [1.165, 1.54) is 0 Å².